The molecule has 1 fully saturated rings. The Morgan fingerprint density at radius 3 is 2.42 bits per heavy atom. The standard InChI is InChI=1S/C9H18O.C2H6/c1-8(2)6-9-4-3-5-10-7-9;1-2/h8-9H,3-7H2,1-2H3;1-2H3/t9-;/m0./s1. The van der Waals surface area contributed by atoms with Crippen molar-refractivity contribution in [2.75, 3.05) is 13.2 Å². The van der Waals surface area contributed by atoms with Crippen LogP contribution in [0.2, 0.25) is 0 Å². The van der Waals surface area contributed by atoms with Crippen molar-refractivity contribution in [2.45, 2.75) is 47.0 Å². The molecule has 0 radical (unpaired) electrons. The second-order valence-corrected chi connectivity index (χ2v) is 3.71. The van der Waals surface area contributed by atoms with E-state index in [9.17, 15) is 0 Å². The molecule has 0 bridgehead atoms. The lowest BCUT2D eigenvalue weighted by molar-refractivity contribution is 0.0470. The van der Waals surface area contributed by atoms with E-state index in [1.165, 1.54) is 19.3 Å². The van der Waals surface area contributed by atoms with Crippen molar-refractivity contribution < 1.29 is 4.74 Å². The molecule has 1 heterocycles. The third-order valence-electron chi connectivity index (χ3n) is 2.06. The van der Waals surface area contributed by atoms with Crippen LogP contribution in [-0.2, 0) is 4.74 Å². The van der Waals surface area contributed by atoms with E-state index in [1.807, 2.05) is 13.8 Å². The molecule has 0 spiro atoms. The van der Waals surface area contributed by atoms with Gasteiger partial charge in [0.1, 0.15) is 0 Å². The van der Waals surface area contributed by atoms with E-state index < -0.39 is 0 Å². The summed E-state index contributed by atoms with van der Waals surface area (Å²) < 4.78 is 5.38. The first-order valence-corrected chi connectivity index (χ1v) is 5.37. The molecule has 0 unspecified atom stereocenters. The van der Waals surface area contributed by atoms with E-state index in [1.54, 1.807) is 0 Å². The normalized spacial score (nSPS) is 23.2. The van der Waals surface area contributed by atoms with E-state index in [4.69, 9.17) is 4.74 Å². The van der Waals surface area contributed by atoms with Crippen molar-refractivity contribution >= 4 is 0 Å². The molecule has 1 saturated heterocycles. The second kappa shape index (κ2) is 7.60. The van der Waals surface area contributed by atoms with Crippen molar-refractivity contribution in [3.05, 3.63) is 0 Å². The van der Waals surface area contributed by atoms with Crippen molar-refractivity contribution in [3.63, 3.8) is 0 Å². The molecule has 1 atom stereocenters. The van der Waals surface area contributed by atoms with Gasteiger partial charge >= 0.3 is 0 Å². The summed E-state index contributed by atoms with van der Waals surface area (Å²) in [6.45, 7) is 10.6. The lowest BCUT2D eigenvalue weighted by Gasteiger charge is -2.23. The SMILES string of the molecule is CC.CC(C)C[C@@H]1CCCOC1. The molecule has 12 heavy (non-hydrogen) atoms. The lowest BCUT2D eigenvalue weighted by atomic mass is 9.92. The van der Waals surface area contributed by atoms with Gasteiger partial charge in [-0.2, -0.15) is 0 Å². The van der Waals surface area contributed by atoms with Crippen LogP contribution in [0.3, 0.4) is 0 Å². The maximum Gasteiger partial charge on any atom is 0.0494 e. The minimum Gasteiger partial charge on any atom is -0.381 e. The Labute approximate surface area is 77.5 Å². The molecular formula is C11H24O. The predicted octanol–water partition coefficient (Wildman–Crippen LogP) is 3.49. The summed E-state index contributed by atoms with van der Waals surface area (Å²) in [5.74, 6) is 1.69. The molecule has 1 aliphatic heterocycles. The first-order chi connectivity index (χ1) is 5.79. The molecular weight excluding hydrogens is 148 g/mol. The van der Waals surface area contributed by atoms with Gasteiger partial charge < -0.3 is 4.74 Å². The van der Waals surface area contributed by atoms with Gasteiger partial charge in [0.05, 0.1) is 0 Å². The molecule has 1 heteroatoms. The van der Waals surface area contributed by atoms with Gasteiger partial charge in [-0.15, -0.1) is 0 Å². The molecule has 0 N–H and O–H groups in total. The summed E-state index contributed by atoms with van der Waals surface area (Å²) in [5.41, 5.74) is 0. The topological polar surface area (TPSA) is 9.23 Å². The average Bonchev–Trinajstić information content (AvgIpc) is 2.08. The van der Waals surface area contributed by atoms with Crippen molar-refractivity contribution in [1.29, 1.82) is 0 Å². The Hall–Kier alpha value is -0.0400. The number of hydrogen-bond donors (Lipinski definition) is 0. The van der Waals surface area contributed by atoms with Gasteiger partial charge in [-0.25, -0.2) is 0 Å². The highest BCUT2D eigenvalue weighted by Gasteiger charge is 2.14. The van der Waals surface area contributed by atoms with Gasteiger partial charge in [0.25, 0.3) is 0 Å². The molecule has 1 rings (SSSR count). The van der Waals surface area contributed by atoms with Gasteiger partial charge in [0.15, 0.2) is 0 Å². The van der Waals surface area contributed by atoms with E-state index in [0.717, 1.165) is 25.0 Å². The fourth-order valence-corrected chi connectivity index (χ4v) is 1.66. The van der Waals surface area contributed by atoms with E-state index in [-0.39, 0.29) is 0 Å². The average molecular weight is 172 g/mol. The van der Waals surface area contributed by atoms with Crippen LogP contribution in [0.4, 0.5) is 0 Å². The summed E-state index contributed by atoms with van der Waals surface area (Å²) >= 11 is 0. The summed E-state index contributed by atoms with van der Waals surface area (Å²) in [5, 5.41) is 0. The third kappa shape index (κ3) is 5.59. The Balaban J connectivity index is 0.000000561. The van der Waals surface area contributed by atoms with Gasteiger partial charge in [-0.1, -0.05) is 27.7 Å². The quantitative estimate of drug-likeness (QED) is 0.619. The smallest absolute Gasteiger partial charge is 0.0494 e. The Morgan fingerprint density at radius 1 is 1.33 bits per heavy atom. The van der Waals surface area contributed by atoms with Crippen LogP contribution >= 0.6 is 0 Å². The van der Waals surface area contributed by atoms with E-state index in [2.05, 4.69) is 13.8 Å². The van der Waals surface area contributed by atoms with Gasteiger partial charge in [0.2, 0.25) is 0 Å². The first kappa shape index (κ1) is 12.0. The third-order valence-corrected chi connectivity index (χ3v) is 2.06. The molecule has 0 aromatic rings. The summed E-state index contributed by atoms with van der Waals surface area (Å²) in [4.78, 5) is 0. The summed E-state index contributed by atoms with van der Waals surface area (Å²) in [6, 6.07) is 0. The molecule has 0 amide bonds. The molecule has 1 aliphatic rings. The van der Waals surface area contributed by atoms with Crippen LogP contribution in [0.25, 0.3) is 0 Å². The van der Waals surface area contributed by atoms with Crippen LogP contribution in [0.1, 0.15) is 47.0 Å². The van der Waals surface area contributed by atoms with Crippen molar-refractivity contribution in [1.82, 2.24) is 0 Å². The van der Waals surface area contributed by atoms with Crippen LogP contribution in [-0.4, -0.2) is 13.2 Å². The molecule has 0 aliphatic carbocycles. The highest BCUT2D eigenvalue weighted by molar-refractivity contribution is 4.64. The molecule has 0 aromatic heterocycles. The molecule has 0 saturated carbocycles. The zero-order valence-electron chi connectivity index (χ0n) is 9.10. The zero-order valence-corrected chi connectivity index (χ0v) is 9.10. The first-order valence-electron chi connectivity index (χ1n) is 5.37. The molecule has 1 nitrogen and oxygen atoms in total. The largest absolute Gasteiger partial charge is 0.381 e. The van der Waals surface area contributed by atoms with E-state index >= 15 is 0 Å². The number of hydrogen-bond acceptors (Lipinski definition) is 1. The van der Waals surface area contributed by atoms with Crippen LogP contribution in [0.15, 0.2) is 0 Å². The maximum atomic E-state index is 5.38. The zero-order chi connectivity index (χ0) is 9.40. The minimum atomic E-state index is 0.840. The number of ether oxygens (including phenoxy) is 1. The maximum absolute atomic E-state index is 5.38. The van der Waals surface area contributed by atoms with Gasteiger partial charge in [-0.05, 0) is 31.1 Å². The minimum absolute atomic E-state index is 0.840. The highest BCUT2D eigenvalue weighted by atomic mass is 16.5. The van der Waals surface area contributed by atoms with Crippen molar-refractivity contribution in [3.8, 4) is 0 Å². The fourth-order valence-electron chi connectivity index (χ4n) is 1.66. The van der Waals surface area contributed by atoms with Crippen LogP contribution in [0, 0.1) is 11.8 Å². The lowest BCUT2D eigenvalue weighted by Crippen LogP contribution is -2.18. The predicted molar refractivity (Wildman–Crippen MR) is 54.3 cm³/mol. The fraction of sp³-hybridized carbons (Fsp3) is 1.00. The second-order valence-electron chi connectivity index (χ2n) is 3.71. The van der Waals surface area contributed by atoms with Gasteiger partial charge in [0, 0.05) is 13.2 Å². The Morgan fingerprint density at radius 2 is 2.00 bits per heavy atom. The Kier molecular flexibility index (Phi) is 7.58. The Bertz CT molecular complexity index is 83.0. The monoisotopic (exact) mass is 172 g/mol. The molecule has 0 aromatic carbocycles. The van der Waals surface area contributed by atoms with Gasteiger partial charge in [-0.3, -0.25) is 0 Å². The van der Waals surface area contributed by atoms with E-state index in [0.29, 0.717) is 0 Å². The summed E-state index contributed by atoms with van der Waals surface area (Å²) in [7, 11) is 0. The highest BCUT2D eigenvalue weighted by Crippen LogP contribution is 2.20. The number of rotatable bonds is 2. The van der Waals surface area contributed by atoms with Crippen LogP contribution in [0.5, 0.6) is 0 Å². The van der Waals surface area contributed by atoms with Crippen LogP contribution < -0.4 is 0 Å². The van der Waals surface area contributed by atoms with Crippen molar-refractivity contribution in [2.24, 2.45) is 11.8 Å². The summed E-state index contributed by atoms with van der Waals surface area (Å²) in [6.07, 6.45) is 4.01. The molecule has 74 valence electrons.